The molecule has 0 aromatic heterocycles. The topological polar surface area (TPSA) is 107 Å². The van der Waals surface area contributed by atoms with E-state index in [1.54, 1.807) is 7.11 Å². The van der Waals surface area contributed by atoms with E-state index in [4.69, 9.17) is 9.84 Å². The number of methoxy groups -OCH3 is 1. The molecule has 0 bridgehead atoms. The molecule has 1 aromatic rings. The fourth-order valence-corrected chi connectivity index (χ4v) is 4.65. The molecule has 0 heterocycles. The summed E-state index contributed by atoms with van der Waals surface area (Å²) in [5.74, 6) is 0.152. The average molecular weight is 423 g/mol. The van der Waals surface area contributed by atoms with E-state index in [9.17, 15) is 20.1 Å². The summed E-state index contributed by atoms with van der Waals surface area (Å²) in [6.07, 6.45) is 6.31. The third kappa shape index (κ3) is 8.25. The molecule has 4 N–H and O–H groups in total. The summed E-state index contributed by atoms with van der Waals surface area (Å²) in [4.78, 5) is 10.6. The Morgan fingerprint density at radius 1 is 1.00 bits per heavy atom. The second kappa shape index (κ2) is 12.9. The normalized spacial score (nSPS) is 24.7. The number of aryl methyl sites for hydroxylation is 1. The highest BCUT2D eigenvalue weighted by Gasteiger charge is 2.40. The maximum absolute atomic E-state index is 10.6. The van der Waals surface area contributed by atoms with Gasteiger partial charge in [0, 0.05) is 6.42 Å². The summed E-state index contributed by atoms with van der Waals surface area (Å²) in [6, 6.07) is 7.86. The molecule has 1 aliphatic carbocycles. The van der Waals surface area contributed by atoms with Gasteiger partial charge in [-0.25, -0.2) is 0 Å². The monoisotopic (exact) mass is 422 g/mol. The molecule has 0 radical (unpaired) electrons. The minimum Gasteiger partial charge on any atom is -0.497 e. The van der Waals surface area contributed by atoms with Crippen molar-refractivity contribution in [1.82, 2.24) is 0 Å². The molecule has 6 heteroatoms. The maximum atomic E-state index is 10.6. The number of hydrogen-bond donors (Lipinski definition) is 4. The van der Waals surface area contributed by atoms with Crippen molar-refractivity contribution < 1.29 is 30.0 Å². The van der Waals surface area contributed by atoms with Crippen molar-refractivity contribution in [2.75, 3.05) is 7.11 Å². The summed E-state index contributed by atoms with van der Waals surface area (Å²) in [6.45, 7) is 0. The number of hydrogen-bond acceptors (Lipinski definition) is 5. The van der Waals surface area contributed by atoms with Gasteiger partial charge in [0.15, 0.2) is 0 Å². The van der Waals surface area contributed by atoms with E-state index in [0.717, 1.165) is 43.4 Å². The summed E-state index contributed by atoms with van der Waals surface area (Å²) in [5.41, 5.74) is 1.16. The summed E-state index contributed by atoms with van der Waals surface area (Å²) in [5, 5.41) is 39.8. The minimum absolute atomic E-state index is 0.0228. The highest BCUT2D eigenvalue weighted by atomic mass is 16.5. The van der Waals surface area contributed by atoms with E-state index in [-0.39, 0.29) is 18.3 Å². The number of aliphatic carboxylic acids is 1. The number of carboxylic acids is 1. The van der Waals surface area contributed by atoms with Gasteiger partial charge in [-0.2, -0.15) is 0 Å². The Morgan fingerprint density at radius 2 is 1.63 bits per heavy atom. The first-order valence-corrected chi connectivity index (χ1v) is 11.3. The summed E-state index contributed by atoms with van der Waals surface area (Å²) < 4.78 is 5.16. The van der Waals surface area contributed by atoms with Gasteiger partial charge in [0.1, 0.15) is 5.75 Å². The van der Waals surface area contributed by atoms with Gasteiger partial charge >= 0.3 is 5.97 Å². The number of carboxylic acid groups (broad SMARTS) is 1. The van der Waals surface area contributed by atoms with Crippen LogP contribution in [0, 0.1) is 11.8 Å². The first kappa shape index (κ1) is 24.6. The van der Waals surface area contributed by atoms with Gasteiger partial charge in [0.25, 0.3) is 0 Å². The molecular weight excluding hydrogens is 384 g/mol. The standard InChI is InChI=1S/C24H38O6/c1-30-19-13-9-17(10-14-19)8-11-18(25)12-15-21-20(22(26)16-23(21)27)6-4-2-3-5-7-24(28)29/h9-10,13-14,18,20-23,25-27H,2-8,11-12,15-16H2,1H3,(H,28,29)/t18-,20+,21+,22-,23+/m0/s1. The summed E-state index contributed by atoms with van der Waals surface area (Å²) in [7, 11) is 1.64. The van der Waals surface area contributed by atoms with Crippen molar-refractivity contribution in [3.8, 4) is 5.75 Å². The second-order valence-electron chi connectivity index (χ2n) is 8.66. The van der Waals surface area contributed by atoms with Crippen LogP contribution < -0.4 is 4.74 Å². The van der Waals surface area contributed by atoms with E-state index >= 15 is 0 Å². The van der Waals surface area contributed by atoms with Gasteiger partial charge in [0.05, 0.1) is 25.4 Å². The molecule has 2 rings (SSSR count). The summed E-state index contributed by atoms with van der Waals surface area (Å²) >= 11 is 0. The predicted molar refractivity (Wildman–Crippen MR) is 116 cm³/mol. The Balaban J connectivity index is 1.70. The molecule has 0 saturated heterocycles. The highest BCUT2D eigenvalue weighted by molar-refractivity contribution is 5.66. The van der Waals surface area contributed by atoms with Crippen LogP contribution in [0.2, 0.25) is 0 Å². The molecule has 170 valence electrons. The minimum atomic E-state index is -0.755. The molecule has 6 nitrogen and oxygen atoms in total. The van der Waals surface area contributed by atoms with Gasteiger partial charge < -0.3 is 25.2 Å². The van der Waals surface area contributed by atoms with E-state index in [2.05, 4.69) is 0 Å². The molecule has 0 spiro atoms. The van der Waals surface area contributed by atoms with Crippen molar-refractivity contribution in [3.63, 3.8) is 0 Å². The maximum Gasteiger partial charge on any atom is 0.303 e. The van der Waals surface area contributed by atoms with Crippen LogP contribution in [0.3, 0.4) is 0 Å². The molecule has 0 amide bonds. The smallest absolute Gasteiger partial charge is 0.303 e. The van der Waals surface area contributed by atoms with E-state index in [1.165, 1.54) is 0 Å². The van der Waals surface area contributed by atoms with Crippen LogP contribution in [0.1, 0.15) is 69.8 Å². The zero-order valence-corrected chi connectivity index (χ0v) is 18.1. The molecule has 1 fully saturated rings. The number of ether oxygens (including phenoxy) is 1. The van der Waals surface area contributed by atoms with Crippen LogP contribution in [-0.2, 0) is 11.2 Å². The van der Waals surface area contributed by atoms with Gasteiger partial charge in [-0.15, -0.1) is 0 Å². The van der Waals surface area contributed by atoms with Crippen LogP contribution in [0.4, 0.5) is 0 Å². The van der Waals surface area contributed by atoms with Gasteiger partial charge in [-0.3, -0.25) is 4.79 Å². The van der Waals surface area contributed by atoms with E-state index in [1.807, 2.05) is 24.3 Å². The van der Waals surface area contributed by atoms with Crippen LogP contribution in [0.5, 0.6) is 5.75 Å². The molecule has 1 aromatic carbocycles. The van der Waals surface area contributed by atoms with Crippen molar-refractivity contribution >= 4 is 5.97 Å². The molecule has 30 heavy (non-hydrogen) atoms. The van der Waals surface area contributed by atoms with Crippen LogP contribution in [-0.4, -0.2) is 51.8 Å². The van der Waals surface area contributed by atoms with E-state index in [0.29, 0.717) is 32.1 Å². The third-order valence-electron chi connectivity index (χ3n) is 6.46. The first-order valence-electron chi connectivity index (χ1n) is 11.3. The fraction of sp³-hybridized carbons (Fsp3) is 0.708. The van der Waals surface area contributed by atoms with Gasteiger partial charge in [0.2, 0.25) is 0 Å². The highest BCUT2D eigenvalue weighted by Crippen LogP contribution is 2.39. The van der Waals surface area contributed by atoms with Crippen molar-refractivity contribution in [1.29, 1.82) is 0 Å². The lowest BCUT2D eigenvalue weighted by Crippen LogP contribution is -2.24. The van der Waals surface area contributed by atoms with Crippen LogP contribution in [0.15, 0.2) is 24.3 Å². The van der Waals surface area contributed by atoms with Crippen LogP contribution in [0.25, 0.3) is 0 Å². The fourth-order valence-electron chi connectivity index (χ4n) is 4.65. The average Bonchev–Trinajstić information content (AvgIpc) is 2.99. The lowest BCUT2D eigenvalue weighted by Gasteiger charge is -2.24. The number of aliphatic hydroxyl groups excluding tert-OH is 3. The Hall–Kier alpha value is -1.63. The van der Waals surface area contributed by atoms with Gasteiger partial charge in [-0.05, 0) is 74.5 Å². The third-order valence-corrected chi connectivity index (χ3v) is 6.46. The Morgan fingerprint density at radius 3 is 2.27 bits per heavy atom. The molecular formula is C24H38O6. The van der Waals surface area contributed by atoms with Crippen LogP contribution >= 0.6 is 0 Å². The molecule has 0 unspecified atom stereocenters. The largest absolute Gasteiger partial charge is 0.497 e. The number of benzene rings is 1. The Kier molecular flexibility index (Phi) is 10.6. The van der Waals surface area contributed by atoms with Crippen molar-refractivity contribution in [3.05, 3.63) is 29.8 Å². The zero-order valence-electron chi connectivity index (χ0n) is 18.1. The quantitative estimate of drug-likeness (QED) is 0.342. The predicted octanol–water partition coefficient (Wildman–Crippen LogP) is 3.55. The molecule has 5 atom stereocenters. The number of rotatable bonds is 14. The second-order valence-corrected chi connectivity index (χ2v) is 8.66. The number of aliphatic hydroxyl groups is 3. The number of carbonyl (C=O) groups is 1. The first-order chi connectivity index (χ1) is 14.4. The lowest BCUT2D eigenvalue weighted by atomic mass is 9.84. The Bertz CT molecular complexity index is 617. The number of unbranched alkanes of at least 4 members (excludes halogenated alkanes) is 3. The van der Waals surface area contributed by atoms with E-state index < -0.39 is 24.3 Å². The van der Waals surface area contributed by atoms with Gasteiger partial charge in [-0.1, -0.05) is 31.4 Å². The molecule has 1 aliphatic rings. The molecule has 0 aliphatic heterocycles. The van der Waals surface area contributed by atoms with Crippen molar-refractivity contribution in [2.24, 2.45) is 11.8 Å². The zero-order chi connectivity index (χ0) is 21.9. The SMILES string of the molecule is COc1ccc(CC[C@H](O)CC[C@@H]2[C@@H](CCCCCCC(=O)O)[C@@H](O)C[C@H]2O)cc1. The van der Waals surface area contributed by atoms with Crippen molar-refractivity contribution in [2.45, 2.75) is 88.9 Å². The lowest BCUT2D eigenvalue weighted by molar-refractivity contribution is -0.137. The molecule has 1 saturated carbocycles. The Labute approximate surface area is 179 Å².